The molecule has 21 heavy (non-hydrogen) atoms. The summed E-state index contributed by atoms with van der Waals surface area (Å²) >= 11 is 0. The van der Waals surface area contributed by atoms with E-state index in [1.165, 1.54) is 25.7 Å². The van der Waals surface area contributed by atoms with Crippen LogP contribution in [0.4, 0.5) is 0 Å². The van der Waals surface area contributed by atoms with Crippen molar-refractivity contribution in [3.8, 4) is 0 Å². The molecular weight excluding hydrogens is 264 g/mol. The van der Waals surface area contributed by atoms with Crippen LogP contribution in [0.3, 0.4) is 0 Å². The van der Waals surface area contributed by atoms with E-state index >= 15 is 0 Å². The first-order valence-electron chi connectivity index (χ1n) is 8.60. The topological polar surface area (TPSA) is 47.7 Å². The molecule has 126 valence electrons. The molecule has 0 aromatic rings. The lowest BCUT2D eigenvalue weighted by Gasteiger charge is -2.49. The average Bonchev–Trinajstić information content (AvgIpc) is 2.47. The van der Waals surface area contributed by atoms with Crippen LogP contribution in [0.1, 0.15) is 53.4 Å². The highest BCUT2D eigenvalue weighted by Crippen LogP contribution is 2.42. The molecule has 4 nitrogen and oxygen atoms in total. The maximum Gasteiger partial charge on any atom is 0.0593 e. The first kappa shape index (κ1) is 18.9. The van der Waals surface area contributed by atoms with Crippen LogP contribution < -0.4 is 5.73 Å². The quantitative estimate of drug-likeness (QED) is 0.630. The Labute approximate surface area is 131 Å². The Kier molecular flexibility index (Phi) is 8.17. The molecule has 0 atom stereocenters. The van der Waals surface area contributed by atoms with E-state index in [1.807, 2.05) is 13.8 Å². The Morgan fingerprint density at radius 1 is 0.905 bits per heavy atom. The Morgan fingerprint density at radius 3 is 1.76 bits per heavy atom. The van der Waals surface area contributed by atoms with Gasteiger partial charge in [-0.15, -0.1) is 0 Å². The zero-order valence-electron chi connectivity index (χ0n) is 14.6. The Morgan fingerprint density at radius 2 is 1.38 bits per heavy atom. The molecule has 1 fully saturated rings. The second kappa shape index (κ2) is 9.09. The third-order valence-corrected chi connectivity index (χ3v) is 5.00. The number of nitrogens with zero attached hydrogens (tertiary/aromatic N) is 1. The van der Waals surface area contributed by atoms with E-state index in [1.54, 1.807) is 0 Å². The lowest BCUT2D eigenvalue weighted by molar-refractivity contribution is -0.0134. The predicted octanol–water partition coefficient (Wildman–Crippen LogP) is 2.66. The van der Waals surface area contributed by atoms with Crippen LogP contribution in [-0.2, 0) is 9.47 Å². The van der Waals surface area contributed by atoms with Gasteiger partial charge in [0.1, 0.15) is 0 Å². The third-order valence-electron chi connectivity index (χ3n) is 5.00. The normalized spacial score (nSPS) is 20.9. The maximum absolute atomic E-state index is 6.21. The van der Waals surface area contributed by atoms with Gasteiger partial charge in [-0.2, -0.15) is 0 Å². The fourth-order valence-corrected chi connectivity index (χ4v) is 3.27. The van der Waals surface area contributed by atoms with Gasteiger partial charge >= 0.3 is 0 Å². The number of hydrogen-bond acceptors (Lipinski definition) is 4. The first-order valence-corrected chi connectivity index (χ1v) is 8.60. The monoisotopic (exact) mass is 300 g/mol. The van der Waals surface area contributed by atoms with Crippen molar-refractivity contribution in [2.75, 3.05) is 46.1 Å². The maximum atomic E-state index is 6.21. The third kappa shape index (κ3) is 5.85. The summed E-state index contributed by atoms with van der Waals surface area (Å²) in [6.07, 6.45) is 4.89. The summed E-state index contributed by atoms with van der Waals surface area (Å²) in [6.45, 7) is 14.6. The van der Waals surface area contributed by atoms with E-state index in [2.05, 4.69) is 18.7 Å². The largest absolute Gasteiger partial charge is 0.380 e. The summed E-state index contributed by atoms with van der Waals surface area (Å²) in [7, 11) is 0. The molecule has 0 saturated heterocycles. The number of nitrogens with two attached hydrogens (primary N) is 1. The molecule has 0 aromatic carbocycles. The summed E-state index contributed by atoms with van der Waals surface area (Å²) in [4.78, 5) is 2.54. The van der Waals surface area contributed by atoms with Crippen molar-refractivity contribution in [3.63, 3.8) is 0 Å². The van der Waals surface area contributed by atoms with Crippen LogP contribution in [0.5, 0.6) is 0 Å². The standard InChI is InChI=1S/C17H36N2O2/c1-5-20-13-11-19(12-14-21-6-2)17(15-18)9-7-16(3,4)8-10-17/h5-15,18H2,1-4H3. The highest BCUT2D eigenvalue weighted by atomic mass is 16.5. The minimum absolute atomic E-state index is 0.143. The van der Waals surface area contributed by atoms with Crippen LogP contribution in [0.2, 0.25) is 0 Å². The second-order valence-corrected chi connectivity index (χ2v) is 6.97. The van der Waals surface area contributed by atoms with E-state index < -0.39 is 0 Å². The molecule has 4 heteroatoms. The summed E-state index contributed by atoms with van der Waals surface area (Å²) in [5.74, 6) is 0. The summed E-state index contributed by atoms with van der Waals surface area (Å²) < 4.78 is 11.1. The fraction of sp³-hybridized carbons (Fsp3) is 1.00. The molecule has 1 aliphatic rings. The lowest BCUT2D eigenvalue weighted by atomic mass is 9.68. The van der Waals surface area contributed by atoms with Crippen LogP contribution in [0.25, 0.3) is 0 Å². The smallest absolute Gasteiger partial charge is 0.0593 e. The number of rotatable bonds is 10. The first-order chi connectivity index (χ1) is 9.99. The molecule has 1 saturated carbocycles. The van der Waals surface area contributed by atoms with E-state index in [0.29, 0.717) is 5.41 Å². The van der Waals surface area contributed by atoms with Crippen molar-refractivity contribution in [1.29, 1.82) is 0 Å². The van der Waals surface area contributed by atoms with E-state index in [-0.39, 0.29) is 5.54 Å². The van der Waals surface area contributed by atoms with Gasteiger partial charge in [-0.05, 0) is 44.9 Å². The molecule has 1 rings (SSSR count). The van der Waals surface area contributed by atoms with E-state index in [4.69, 9.17) is 15.2 Å². The van der Waals surface area contributed by atoms with Crippen LogP contribution in [-0.4, -0.2) is 56.5 Å². The molecular formula is C17H36N2O2. The predicted molar refractivity (Wildman–Crippen MR) is 88.6 cm³/mol. The highest BCUT2D eigenvalue weighted by molar-refractivity contribution is 4.98. The van der Waals surface area contributed by atoms with Crippen molar-refractivity contribution >= 4 is 0 Å². The van der Waals surface area contributed by atoms with Crippen molar-refractivity contribution in [1.82, 2.24) is 4.90 Å². The molecule has 0 radical (unpaired) electrons. The Balaban J connectivity index is 2.66. The minimum atomic E-state index is 0.143. The number of hydrogen-bond donors (Lipinski definition) is 1. The van der Waals surface area contributed by atoms with Gasteiger partial charge in [0.25, 0.3) is 0 Å². The van der Waals surface area contributed by atoms with Crippen molar-refractivity contribution < 1.29 is 9.47 Å². The van der Waals surface area contributed by atoms with E-state index in [9.17, 15) is 0 Å². The van der Waals surface area contributed by atoms with Gasteiger partial charge < -0.3 is 15.2 Å². The molecule has 0 aromatic heterocycles. The molecule has 0 aliphatic heterocycles. The van der Waals surface area contributed by atoms with Crippen molar-refractivity contribution in [2.24, 2.45) is 11.1 Å². The molecule has 0 heterocycles. The molecule has 0 amide bonds. The van der Waals surface area contributed by atoms with Gasteiger partial charge in [0.05, 0.1) is 13.2 Å². The van der Waals surface area contributed by atoms with Gasteiger partial charge in [-0.3, -0.25) is 4.90 Å². The van der Waals surface area contributed by atoms with Crippen LogP contribution >= 0.6 is 0 Å². The number of ether oxygens (including phenoxy) is 2. The van der Waals surface area contributed by atoms with Crippen LogP contribution in [0.15, 0.2) is 0 Å². The SMILES string of the molecule is CCOCCN(CCOCC)C1(CN)CCC(C)(C)CC1. The zero-order valence-corrected chi connectivity index (χ0v) is 14.6. The molecule has 0 bridgehead atoms. The van der Waals surface area contributed by atoms with Gasteiger partial charge in [0.2, 0.25) is 0 Å². The van der Waals surface area contributed by atoms with Gasteiger partial charge in [0.15, 0.2) is 0 Å². The van der Waals surface area contributed by atoms with E-state index in [0.717, 1.165) is 46.1 Å². The van der Waals surface area contributed by atoms with Crippen LogP contribution in [0, 0.1) is 5.41 Å². The average molecular weight is 300 g/mol. The van der Waals surface area contributed by atoms with Crippen molar-refractivity contribution in [3.05, 3.63) is 0 Å². The summed E-state index contributed by atoms with van der Waals surface area (Å²) in [5.41, 5.74) is 6.82. The zero-order chi connectivity index (χ0) is 15.8. The molecule has 0 unspecified atom stereocenters. The van der Waals surface area contributed by atoms with Crippen molar-refractivity contribution in [2.45, 2.75) is 58.9 Å². The van der Waals surface area contributed by atoms with Gasteiger partial charge in [-0.1, -0.05) is 13.8 Å². The Hall–Kier alpha value is -0.160. The minimum Gasteiger partial charge on any atom is -0.380 e. The lowest BCUT2D eigenvalue weighted by Crippen LogP contribution is -2.58. The summed E-state index contributed by atoms with van der Waals surface area (Å²) in [6, 6.07) is 0. The summed E-state index contributed by atoms with van der Waals surface area (Å²) in [5, 5.41) is 0. The Bertz CT molecular complexity index is 262. The van der Waals surface area contributed by atoms with Gasteiger partial charge in [0, 0.05) is 38.4 Å². The second-order valence-electron chi connectivity index (χ2n) is 6.97. The molecule has 1 aliphatic carbocycles. The molecule has 0 spiro atoms. The fourth-order valence-electron chi connectivity index (χ4n) is 3.27. The highest BCUT2D eigenvalue weighted by Gasteiger charge is 2.41. The molecule has 2 N–H and O–H groups in total. The van der Waals surface area contributed by atoms with Gasteiger partial charge in [-0.25, -0.2) is 0 Å².